The predicted molar refractivity (Wildman–Crippen MR) is 25.1 cm³/mol. The van der Waals surface area contributed by atoms with Gasteiger partial charge in [0.25, 0.3) is 0 Å². The number of allylic oxidation sites excluding steroid dienone is 1. The Morgan fingerprint density at radius 2 is 2.71 bits per heavy atom. The predicted octanol–water partition coefficient (Wildman–Crippen LogP) is 0.101. The smallest absolute Gasteiger partial charge is 0.232 e. The Hall–Kier alpha value is -0.790. The van der Waals surface area contributed by atoms with E-state index in [2.05, 4.69) is 11.7 Å². The second kappa shape index (κ2) is 1.78. The van der Waals surface area contributed by atoms with Gasteiger partial charge >= 0.3 is 0 Å². The molecule has 7 heavy (non-hydrogen) atoms. The monoisotopic (exact) mass is 95.0 g/mol. The minimum absolute atomic E-state index is 0.123. The highest BCUT2D eigenvalue weighted by Crippen LogP contribution is 1.92. The van der Waals surface area contributed by atoms with Crippen LogP contribution in [0, 0.1) is 6.42 Å². The zero-order valence-electron chi connectivity index (χ0n) is 3.77. The van der Waals surface area contributed by atoms with Crippen LogP contribution in [0.1, 0.15) is 6.42 Å². The van der Waals surface area contributed by atoms with Gasteiger partial charge in [0.15, 0.2) is 0 Å². The van der Waals surface area contributed by atoms with E-state index in [1.807, 2.05) is 6.08 Å². The fourth-order valence-electron chi connectivity index (χ4n) is 0.396. The summed E-state index contributed by atoms with van der Waals surface area (Å²) in [7, 11) is 0. The zero-order valence-corrected chi connectivity index (χ0v) is 3.77. The van der Waals surface area contributed by atoms with Crippen LogP contribution in [0.2, 0.25) is 0 Å². The molecule has 0 bridgehead atoms. The van der Waals surface area contributed by atoms with Gasteiger partial charge in [0.1, 0.15) is 0 Å². The lowest BCUT2D eigenvalue weighted by atomic mass is 10.2. The molecular formula is C5H5NO. The Bertz CT molecular complexity index is 107. The van der Waals surface area contributed by atoms with Crippen molar-refractivity contribution >= 4 is 5.91 Å². The van der Waals surface area contributed by atoms with E-state index in [1.165, 1.54) is 0 Å². The van der Waals surface area contributed by atoms with Crippen molar-refractivity contribution in [1.82, 2.24) is 5.32 Å². The minimum Gasteiger partial charge on any atom is -0.332 e. The van der Waals surface area contributed by atoms with Crippen molar-refractivity contribution < 1.29 is 4.79 Å². The Kier molecular flexibility index (Phi) is 1.11. The fraction of sp³-hybridized carbons (Fsp3) is 0.200. The number of carbonyl (C=O) groups is 1. The SMILES string of the molecule is O=C1[C]CC=CN1. The van der Waals surface area contributed by atoms with Crippen LogP contribution in [0.3, 0.4) is 0 Å². The van der Waals surface area contributed by atoms with E-state index >= 15 is 0 Å². The van der Waals surface area contributed by atoms with Crippen LogP contribution >= 0.6 is 0 Å². The lowest BCUT2D eigenvalue weighted by molar-refractivity contribution is -0.117. The third-order valence-electron chi connectivity index (χ3n) is 0.713. The van der Waals surface area contributed by atoms with Crippen molar-refractivity contribution in [2.24, 2.45) is 0 Å². The van der Waals surface area contributed by atoms with E-state index in [0.717, 1.165) is 0 Å². The number of rotatable bonds is 0. The maximum atomic E-state index is 10.2. The van der Waals surface area contributed by atoms with Crippen molar-refractivity contribution in [2.45, 2.75) is 6.42 Å². The summed E-state index contributed by atoms with van der Waals surface area (Å²) >= 11 is 0. The first-order valence-electron chi connectivity index (χ1n) is 2.09. The Labute approximate surface area is 42.2 Å². The first-order chi connectivity index (χ1) is 3.39. The molecule has 2 heteroatoms. The molecule has 0 atom stereocenters. The molecule has 0 spiro atoms. The van der Waals surface area contributed by atoms with E-state index in [1.54, 1.807) is 6.20 Å². The number of hydrogen-bond donors (Lipinski definition) is 1. The highest BCUT2D eigenvalue weighted by molar-refractivity contribution is 5.86. The number of nitrogens with one attached hydrogen (secondary N) is 1. The topological polar surface area (TPSA) is 29.1 Å². The van der Waals surface area contributed by atoms with Crippen molar-refractivity contribution in [3.8, 4) is 0 Å². The van der Waals surface area contributed by atoms with Gasteiger partial charge in [-0.15, -0.1) is 0 Å². The van der Waals surface area contributed by atoms with Crippen LogP contribution in [0.4, 0.5) is 0 Å². The van der Waals surface area contributed by atoms with Crippen molar-refractivity contribution in [1.29, 1.82) is 0 Å². The lowest BCUT2D eigenvalue weighted by Crippen LogP contribution is -2.19. The summed E-state index contributed by atoms with van der Waals surface area (Å²) in [5.41, 5.74) is 0. The molecule has 2 nitrogen and oxygen atoms in total. The van der Waals surface area contributed by atoms with Gasteiger partial charge < -0.3 is 5.32 Å². The molecular weight excluding hydrogens is 90.1 g/mol. The summed E-state index contributed by atoms with van der Waals surface area (Å²) in [6.07, 6.45) is 6.65. The zero-order chi connectivity index (χ0) is 5.11. The quantitative estimate of drug-likeness (QED) is 0.454. The molecule has 1 rings (SSSR count). The molecule has 0 saturated heterocycles. The molecule has 0 fully saturated rings. The summed E-state index contributed by atoms with van der Waals surface area (Å²) in [5, 5.41) is 2.45. The molecule has 0 aromatic heterocycles. The molecule has 0 unspecified atom stereocenters. The van der Waals surface area contributed by atoms with Crippen molar-refractivity contribution in [3.63, 3.8) is 0 Å². The van der Waals surface area contributed by atoms with Gasteiger partial charge in [-0.05, 0) is 12.6 Å². The largest absolute Gasteiger partial charge is 0.332 e. The number of carbonyl (C=O) groups excluding carboxylic acids is 1. The molecule has 0 aliphatic carbocycles. The molecule has 2 radical (unpaired) electrons. The van der Waals surface area contributed by atoms with Gasteiger partial charge in [-0.1, -0.05) is 6.08 Å². The van der Waals surface area contributed by atoms with E-state index in [-0.39, 0.29) is 5.91 Å². The highest BCUT2D eigenvalue weighted by atomic mass is 16.1. The summed E-state index contributed by atoms with van der Waals surface area (Å²) in [6, 6.07) is 0. The standard InChI is InChI=1S/C5H5NO/c7-5-3-1-2-4-6-5/h2,4H,1H2,(H,6,7). The molecule has 0 aromatic carbocycles. The normalized spacial score (nSPS) is 19.1. The van der Waals surface area contributed by atoms with Crippen LogP contribution in [-0.2, 0) is 4.79 Å². The van der Waals surface area contributed by atoms with E-state index in [9.17, 15) is 4.79 Å². The van der Waals surface area contributed by atoms with Crippen molar-refractivity contribution in [2.75, 3.05) is 0 Å². The molecule has 0 aromatic rings. The number of amides is 1. The van der Waals surface area contributed by atoms with Gasteiger partial charge in [0.2, 0.25) is 5.91 Å². The maximum Gasteiger partial charge on any atom is 0.232 e. The summed E-state index contributed by atoms with van der Waals surface area (Å²) in [5.74, 6) is -0.123. The van der Waals surface area contributed by atoms with Crippen LogP contribution in [0.25, 0.3) is 0 Å². The maximum absolute atomic E-state index is 10.2. The second-order valence-electron chi connectivity index (χ2n) is 1.26. The van der Waals surface area contributed by atoms with Crippen LogP contribution < -0.4 is 5.32 Å². The molecule has 36 valence electrons. The first-order valence-corrected chi connectivity index (χ1v) is 2.09. The first kappa shape index (κ1) is 4.37. The van der Waals surface area contributed by atoms with E-state index in [0.29, 0.717) is 6.42 Å². The average Bonchev–Trinajstić information content (AvgIpc) is 1.69. The van der Waals surface area contributed by atoms with Crippen LogP contribution in [0.15, 0.2) is 12.3 Å². The average molecular weight is 95.1 g/mol. The van der Waals surface area contributed by atoms with Gasteiger partial charge in [-0.2, -0.15) is 0 Å². The molecule has 1 heterocycles. The fourth-order valence-corrected chi connectivity index (χ4v) is 0.396. The van der Waals surface area contributed by atoms with Gasteiger partial charge in [0, 0.05) is 0 Å². The third kappa shape index (κ3) is 1.03. The number of hydrogen-bond acceptors (Lipinski definition) is 1. The van der Waals surface area contributed by atoms with E-state index in [4.69, 9.17) is 0 Å². The summed E-state index contributed by atoms with van der Waals surface area (Å²) in [4.78, 5) is 10.2. The Morgan fingerprint density at radius 3 is 3.00 bits per heavy atom. The Morgan fingerprint density at radius 1 is 1.86 bits per heavy atom. The van der Waals surface area contributed by atoms with E-state index < -0.39 is 0 Å². The Balaban J connectivity index is 2.47. The second-order valence-corrected chi connectivity index (χ2v) is 1.26. The van der Waals surface area contributed by atoms with Gasteiger partial charge in [-0.3, -0.25) is 4.79 Å². The molecule has 1 N–H and O–H groups in total. The summed E-state index contributed by atoms with van der Waals surface area (Å²) in [6.45, 7) is 0. The molecule has 1 aliphatic rings. The van der Waals surface area contributed by atoms with Gasteiger partial charge in [-0.25, -0.2) is 0 Å². The summed E-state index contributed by atoms with van der Waals surface area (Å²) < 4.78 is 0. The molecule has 1 amide bonds. The minimum atomic E-state index is -0.123. The molecule has 0 saturated carbocycles. The van der Waals surface area contributed by atoms with Crippen molar-refractivity contribution in [3.05, 3.63) is 18.7 Å². The highest BCUT2D eigenvalue weighted by Gasteiger charge is 2.00. The van der Waals surface area contributed by atoms with Gasteiger partial charge in [0.05, 0.1) is 6.42 Å². The molecule has 1 aliphatic heterocycles. The van der Waals surface area contributed by atoms with Crippen LogP contribution in [0.5, 0.6) is 0 Å². The lowest BCUT2D eigenvalue weighted by Gasteiger charge is -1.99. The van der Waals surface area contributed by atoms with Crippen LogP contribution in [-0.4, -0.2) is 5.91 Å². The third-order valence-corrected chi connectivity index (χ3v) is 0.713.